The van der Waals surface area contributed by atoms with E-state index in [0.29, 0.717) is 11.2 Å². The van der Waals surface area contributed by atoms with E-state index in [1.807, 2.05) is 41.7 Å². The molecule has 3 aromatic heterocycles. The zero-order valence-electron chi connectivity index (χ0n) is 15.4. The summed E-state index contributed by atoms with van der Waals surface area (Å²) < 4.78 is 5.89. The van der Waals surface area contributed by atoms with Crippen LogP contribution in [0.15, 0.2) is 46.6 Å². The van der Waals surface area contributed by atoms with Gasteiger partial charge in [0.2, 0.25) is 0 Å². The second-order valence-corrected chi connectivity index (χ2v) is 8.95. The molecule has 1 aromatic carbocycles. The van der Waals surface area contributed by atoms with Crippen LogP contribution in [0.2, 0.25) is 0 Å². The van der Waals surface area contributed by atoms with E-state index < -0.39 is 0 Å². The lowest BCUT2D eigenvalue weighted by Gasteiger charge is -2.26. The van der Waals surface area contributed by atoms with Gasteiger partial charge in [0.15, 0.2) is 0 Å². The van der Waals surface area contributed by atoms with E-state index in [0.717, 1.165) is 47.0 Å². The van der Waals surface area contributed by atoms with Crippen LogP contribution in [0.4, 0.5) is 0 Å². The number of benzene rings is 1. The molecule has 7 heteroatoms. The smallest absolute Gasteiger partial charge is 0.268 e. The van der Waals surface area contributed by atoms with Gasteiger partial charge in [0, 0.05) is 22.8 Å². The Bertz CT molecular complexity index is 1190. The molecule has 142 valence electrons. The quantitative estimate of drug-likeness (QED) is 0.547. The Hall–Kier alpha value is -2.48. The van der Waals surface area contributed by atoms with Gasteiger partial charge in [-0.15, -0.1) is 22.7 Å². The average Bonchev–Trinajstić information content (AvgIpc) is 3.35. The minimum absolute atomic E-state index is 0.0574. The van der Waals surface area contributed by atoms with Crippen molar-refractivity contribution in [2.75, 3.05) is 13.7 Å². The molecule has 1 aliphatic heterocycles. The molecule has 0 bridgehead atoms. The average molecular weight is 410 g/mol. The molecule has 4 heterocycles. The van der Waals surface area contributed by atoms with Crippen molar-refractivity contribution in [1.82, 2.24) is 14.9 Å². The van der Waals surface area contributed by atoms with Gasteiger partial charge in [-0.25, -0.2) is 4.98 Å². The molecule has 0 amide bonds. The molecule has 0 saturated carbocycles. The van der Waals surface area contributed by atoms with Crippen molar-refractivity contribution in [1.29, 1.82) is 0 Å². The van der Waals surface area contributed by atoms with Crippen LogP contribution in [0.1, 0.15) is 16.3 Å². The molecule has 5 rings (SSSR count). The highest BCUT2D eigenvalue weighted by atomic mass is 32.1. The molecule has 0 unspecified atom stereocenters. The van der Waals surface area contributed by atoms with Crippen LogP contribution in [0.5, 0.6) is 5.75 Å². The zero-order chi connectivity index (χ0) is 19.1. The van der Waals surface area contributed by atoms with Crippen molar-refractivity contribution in [2.45, 2.75) is 19.5 Å². The van der Waals surface area contributed by atoms with E-state index in [2.05, 4.69) is 21.3 Å². The number of rotatable bonds is 4. The maximum Gasteiger partial charge on any atom is 0.268 e. The summed E-state index contributed by atoms with van der Waals surface area (Å²) >= 11 is 3.31. The van der Waals surface area contributed by atoms with Crippen LogP contribution in [-0.4, -0.2) is 28.5 Å². The molecule has 4 aromatic rings. The lowest BCUT2D eigenvalue weighted by molar-refractivity contribution is 0.241. The molecule has 0 spiro atoms. The van der Waals surface area contributed by atoms with E-state index in [-0.39, 0.29) is 5.56 Å². The molecule has 1 N–H and O–H groups in total. The molecule has 0 aliphatic carbocycles. The predicted molar refractivity (Wildman–Crippen MR) is 114 cm³/mol. The summed E-state index contributed by atoms with van der Waals surface area (Å²) in [6.07, 6.45) is 1.07. The highest BCUT2D eigenvalue weighted by Gasteiger charge is 2.19. The fraction of sp³-hybridized carbons (Fsp3) is 0.238. The minimum atomic E-state index is -0.0574. The number of H-pyrrole nitrogens is 1. The van der Waals surface area contributed by atoms with Gasteiger partial charge in [-0.3, -0.25) is 9.69 Å². The Balaban J connectivity index is 1.43. The fourth-order valence-corrected chi connectivity index (χ4v) is 5.50. The number of aromatic nitrogens is 2. The normalized spacial score (nSPS) is 14.3. The second kappa shape index (κ2) is 7.16. The van der Waals surface area contributed by atoms with Gasteiger partial charge in [0.05, 0.1) is 19.2 Å². The summed E-state index contributed by atoms with van der Waals surface area (Å²) in [7, 11) is 1.65. The largest absolute Gasteiger partial charge is 0.497 e. The van der Waals surface area contributed by atoms with Gasteiger partial charge in [-0.1, -0.05) is 0 Å². The number of methoxy groups -OCH3 is 1. The number of ether oxygens (including phenoxy) is 1. The highest BCUT2D eigenvalue weighted by Crippen LogP contribution is 2.32. The van der Waals surface area contributed by atoms with E-state index in [1.54, 1.807) is 7.11 Å². The van der Waals surface area contributed by atoms with Crippen LogP contribution >= 0.6 is 22.7 Å². The maximum atomic E-state index is 12.6. The maximum absolute atomic E-state index is 12.6. The number of nitrogens with zero attached hydrogens (tertiary/aromatic N) is 2. The Morgan fingerprint density at radius 1 is 1.25 bits per heavy atom. The van der Waals surface area contributed by atoms with Gasteiger partial charge < -0.3 is 9.72 Å². The molecule has 0 saturated heterocycles. The van der Waals surface area contributed by atoms with Crippen LogP contribution in [0.25, 0.3) is 20.7 Å². The van der Waals surface area contributed by atoms with Crippen molar-refractivity contribution in [3.63, 3.8) is 0 Å². The van der Waals surface area contributed by atoms with Gasteiger partial charge in [0.1, 0.15) is 16.3 Å². The lowest BCUT2D eigenvalue weighted by atomic mass is 10.1. The van der Waals surface area contributed by atoms with E-state index >= 15 is 0 Å². The van der Waals surface area contributed by atoms with Crippen molar-refractivity contribution in [2.24, 2.45) is 0 Å². The topological polar surface area (TPSA) is 58.2 Å². The SMILES string of the molecule is COc1ccc(-c2cc3nc(CN4CCc5sccc5C4)[nH]c(=O)c3s2)cc1. The number of thiophene rings is 2. The Labute approximate surface area is 170 Å². The van der Waals surface area contributed by atoms with E-state index in [1.165, 1.54) is 21.8 Å². The first-order valence-electron chi connectivity index (χ1n) is 9.14. The summed E-state index contributed by atoms with van der Waals surface area (Å²) in [4.78, 5) is 25.2. The van der Waals surface area contributed by atoms with Crippen molar-refractivity contribution in [3.8, 4) is 16.2 Å². The fourth-order valence-electron chi connectivity index (χ4n) is 3.61. The number of aromatic amines is 1. The molecule has 5 nitrogen and oxygen atoms in total. The van der Waals surface area contributed by atoms with Gasteiger partial charge in [-0.2, -0.15) is 0 Å². The van der Waals surface area contributed by atoms with E-state index in [9.17, 15) is 4.79 Å². The second-order valence-electron chi connectivity index (χ2n) is 6.90. The number of nitrogens with one attached hydrogen (secondary N) is 1. The first kappa shape index (κ1) is 17.6. The summed E-state index contributed by atoms with van der Waals surface area (Å²) in [5.74, 6) is 1.55. The van der Waals surface area contributed by atoms with Crippen LogP contribution in [0.3, 0.4) is 0 Å². The van der Waals surface area contributed by atoms with Gasteiger partial charge in [0.25, 0.3) is 5.56 Å². The summed E-state index contributed by atoms with van der Waals surface area (Å²) in [5, 5.41) is 2.16. The van der Waals surface area contributed by atoms with Gasteiger partial charge >= 0.3 is 0 Å². The number of fused-ring (bicyclic) bond motifs is 2. The third-order valence-corrected chi connectivity index (χ3v) is 7.26. The van der Waals surface area contributed by atoms with Crippen LogP contribution in [0, 0.1) is 0 Å². The molecule has 28 heavy (non-hydrogen) atoms. The third kappa shape index (κ3) is 3.26. The van der Waals surface area contributed by atoms with Crippen molar-refractivity contribution >= 4 is 32.9 Å². The standard InChI is InChI=1S/C21H19N3O2S2/c1-26-15-4-2-13(3-5-15)18-10-16-20(28-18)21(25)23-19(22-16)12-24-8-6-17-14(11-24)7-9-27-17/h2-5,7,9-10H,6,8,11-12H2,1H3,(H,22,23,25). The first-order valence-corrected chi connectivity index (χ1v) is 10.8. The van der Waals surface area contributed by atoms with Crippen LogP contribution < -0.4 is 10.3 Å². The summed E-state index contributed by atoms with van der Waals surface area (Å²) in [6.45, 7) is 2.57. The minimum Gasteiger partial charge on any atom is -0.497 e. The third-order valence-electron chi connectivity index (χ3n) is 5.07. The Morgan fingerprint density at radius 2 is 2.11 bits per heavy atom. The number of hydrogen-bond acceptors (Lipinski definition) is 6. The zero-order valence-corrected chi connectivity index (χ0v) is 17.0. The van der Waals surface area contributed by atoms with Gasteiger partial charge in [-0.05, 0) is 59.3 Å². The molecule has 0 atom stereocenters. The molecular formula is C21H19N3O2S2. The monoisotopic (exact) mass is 409 g/mol. The van der Waals surface area contributed by atoms with Crippen molar-refractivity contribution < 1.29 is 4.74 Å². The van der Waals surface area contributed by atoms with Crippen LogP contribution in [-0.2, 0) is 19.5 Å². The molecule has 0 radical (unpaired) electrons. The first-order chi connectivity index (χ1) is 13.7. The highest BCUT2D eigenvalue weighted by molar-refractivity contribution is 7.22. The van der Waals surface area contributed by atoms with E-state index in [4.69, 9.17) is 9.72 Å². The van der Waals surface area contributed by atoms with Crippen molar-refractivity contribution in [3.05, 3.63) is 68.4 Å². The Morgan fingerprint density at radius 3 is 2.93 bits per heavy atom. The predicted octanol–water partition coefficient (Wildman–Crippen LogP) is 4.28. The molecule has 1 aliphatic rings. The lowest BCUT2D eigenvalue weighted by Crippen LogP contribution is -2.30. The molecule has 0 fully saturated rings. The molecular weight excluding hydrogens is 390 g/mol. The summed E-state index contributed by atoms with van der Waals surface area (Å²) in [6, 6.07) is 12.1. The summed E-state index contributed by atoms with van der Waals surface area (Å²) in [5.41, 5.74) is 3.17. The number of hydrogen-bond donors (Lipinski definition) is 1. The Kier molecular flexibility index (Phi) is 4.50.